The number of methoxy groups -OCH3 is 1. The highest BCUT2D eigenvalue weighted by Gasteiger charge is 2.22. The molecule has 0 aliphatic carbocycles. The summed E-state index contributed by atoms with van der Waals surface area (Å²) >= 11 is 1.22. The maximum absolute atomic E-state index is 12.6. The smallest absolute Gasteiger partial charge is 0.251 e. The second kappa shape index (κ2) is 11.5. The van der Waals surface area contributed by atoms with Gasteiger partial charge in [-0.05, 0) is 48.4 Å². The molecule has 0 aliphatic rings. The van der Waals surface area contributed by atoms with Gasteiger partial charge in [0, 0.05) is 18.3 Å². The van der Waals surface area contributed by atoms with Crippen LogP contribution in [0.1, 0.15) is 34.7 Å². The SMILES string of the molecule is CCc1ccc(NC(=O)CSc2nnc(C(CO)NC(=O)c3ccc(OC)cc3)n2C)cc1. The van der Waals surface area contributed by atoms with Crippen LogP contribution in [-0.4, -0.2) is 51.2 Å². The third-order valence-electron chi connectivity index (χ3n) is 5.00. The minimum Gasteiger partial charge on any atom is -0.497 e. The van der Waals surface area contributed by atoms with Crippen LogP contribution in [0.15, 0.2) is 53.7 Å². The molecular formula is C23H27N5O4S. The highest BCUT2D eigenvalue weighted by Crippen LogP contribution is 2.20. The Morgan fingerprint density at radius 1 is 1.12 bits per heavy atom. The number of aliphatic hydroxyl groups is 1. The van der Waals surface area contributed by atoms with Crippen molar-refractivity contribution in [1.29, 1.82) is 0 Å². The molecule has 3 aromatic rings. The number of carbonyl (C=O) groups is 2. The fourth-order valence-electron chi connectivity index (χ4n) is 3.08. The summed E-state index contributed by atoms with van der Waals surface area (Å²) in [6, 6.07) is 13.6. The Morgan fingerprint density at radius 2 is 1.82 bits per heavy atom. The van der Waals surface area contributed by atoms with E-state index >= 15 is 0 Å². The van der Waals surface area contributed by atoms with Crippen molar-refractivity contribution in [2.24, 2.45) is 7.05 Å². The first-order valence-corrected chi connectivity index (χ1v) is 11.4. The molecule has 0 saturated carbocycles. The minimum absolute atomic E-state index is 0.142. The molecule has 3 N–H and O–H groups in total. The number of aryl methyl sites for hydroxylation is 1. The van der Waals surface area contributed by atoms with Gasteiger partial charge in [0.05, 0.1) is 19.5 Å². The second-order valence-electron chi connectivity index (χ2n) is 7.22. The van der Waals surface area contributed by atoms with Crippen LogP contribution in [0.4, 0.5) is 5.69 Å². The van der Waals surface area contributed by atoms with Crippen LogP contribution >= 0.6 is 11.8 Å². The number of nitrogens with one attached hydrogen (secondary N) is 2. The number of hydrogen-bond donors (Lipinski definition) is 3. The first-order valence-electron chi connectivity index (χ1n) is 10.4. The molecule has 2 aromatic carbocycles. The predicted octanol–water partition coefficient (Wildman–Crippen LogP) is 2.58. The molecule has 10 heteroatoms. The molecule has 2 amide bonds. The van der Waals surface area contributed by atoms with Crippen molar-refractivity contribution in [2.45, 2.75) is 24.5 Å². The average molecular weight is 470 g/mol. The van der Waals surface area contributed by atoms with E-state index in [1.54, 1.807) is 43.0 Å². The van der Waals surface area contributed by atoms with E-state index in [0.29, 0.717) is 22.3 Å². The maximum atomic E-state index is 12.6. The highest BCUT2D eigenvalue weighted by atomic mass is 32.2. The molecular weight excluding hydrogens is 442 g/mol. The van der Waals surface area contributed by atoms with Crippen molar-refractivity contribution in [3.8, 4) is 5.75 Å². The lowest BCUT2D eigenvalue weighted by molar-refractivity contribution is -0.113. The molecule has 1 aromatic heterocycles. The Bertz CT molecular complexity index is 1080. The van der Waals surface area contributed by atoms with Gasteiger partial charge < -0.3 is 25.0 Å². The van der Waals surface area contributed by atoms with Crippen LogP contribution < -0.4 is 15.4 Å². The van der Waals surface area contributed by atoms with Crippen LogP contribution in [0.25, 0.3) is 0 Å². The van der Waals surface area contributed by atoms with Gasteiger partial charge in [0.2, 0.25) is 5.91 Å². The maximum Gasteiger partial charge on any atom is 0.251 e. The van der Waals surface area contributed by atoms with E-state index in [4.69, 9.17) is 4.74 Å². The van der Waals surface area contributed by atoms with Gasteiger partial charge in [-0.15, -0.1) is 10.2 Å². The van der Waals surface area contributed by atoms with Crippen LogP contribution in [0.2, 0.25) is 0 Å². The molecule has 0 radical (unpaired) electrons. The fourth-order valence-corrected chi connectivity index (χ4v) is 3.80. The van der Waals surface area contributed by atoms with Crippen LogP contribution in [-0.2, 0) is 18.3 Å². The normalized spacial score (nSPS) is 11.6. The molecule has 0 fully saturated rings. The fraction of sp³-hybridized carbons (Fsp3) is 0.304. The summed E-state index contributed by atoms with van der Waals surface area (Å²) in [5.74, 6) is 0.645. The van der Waals surface area contributed by atoms with Crippen molar-refractivity contribution >= 4 is 29.3 Å². The Labute approximate surface area is 196 Å². The quantitative estimate of drug-likeness (QED) is 0.391. The van der Waals surface area contributed by atoms with E-state index in [9.17, 15) is 14.7 Å². The van der Waals surface area contributed by atoms with Crippen molar-refractivity contribution in [2.75, 3.05) is 24.8 Å². The molecule has 1 heterocycles. The van der Waals surface area contributed by atoms with Crippen LogP contribution in [0, 0.1) is 0 Å². The zero-order chi connectivity index (χ0) is 23.8. The number of benzene rings is 2. The Kier molecular flexibility index (Phi) is 8.45. The summed E-state index contributed by atoms with van der Waals surface area (Å²) in [6.45, 7) is 1.72. The molecule has 0 spiro atoms. The molecule has 9 nitrogen and oxygen atoms in total. The number of aromatic nitrogens is 3. The topological polar surface area (TPSA) is 118 Å². The van der Waals surface area contributed by atoms with Crippen molar-refractivity contribution < 1.29 is 19.4 Å². The number of aliphatic hydroxyl groups excluding tert-OH is 1. The largest absolute Gasteiger partial charge is 0.497 e. The molecule has 0 bridgehead atoms. The summed E-state index contributed by atoms with van der Waals surface area (Å²) in [7, 11) is 3.27. The lowest BCUT2D eigenvalue weighted by Crippen LogP contribution is -2.32. The molecule has 3 rings (SSSR count). The second-order valence-corrected chi connectivity index (χ2v) is 8.17. The summed E-state index contributed by atoms with van der Waals surface area (Å²) in [6.07, 6.45) is 0.938. The lowest BCUT2D eigenvalue weighted by atomic mass is 10.1. The number of rotatable bonds is 10. The first-order chi connectivity index (χ1) is 15.9. The molecule has 33 heavy (non-hydrogen) atoms. The number of thioether (sulfide) groups is 1. The summed E-state index contributed by atoms with van der Waals surface area (Å²) in [4.78, 5) is 24.9. The van der Waals surface area contributed by atoms with Gasteiger partial charge in [0.15, 0.2) is 11.0 Å². The standard InChI is InChI=1S/C23H27N5O4S/c1-4-15-5-9-17(10-6-15)24-20(30)14-33-23-27-26-21(28(23)2)19(13-29)25-22(31)16-7-11-18(32-3)12-8-16/h5-12,19,29H,4,13-14H2,1-3H3,(H,24,30)(H,25,31). The third kappa shape index (κ3) is 6.33. The van der Waals surface area contributed by atoms with E-state index in [1.165, 1.54) is 17.3 Å². The zero-order valence-corrected chi connectivity index (χ0v) is 19.6. The van der Waals surface area contributed by atoms with Crippen molar-refractivity contribution in [1.82, 2.24) is 20.1 Å². The van der Waals surface area contributed by atoms with E-state index in [1.807, 2.05) is 24.3 Å². The number of nitrogens with zero attached hydrogens (tertiary/aromatic N) is 3. The van der Waals surface area contributed by atoms with Gasteiger partial charge in [0.1, 0.15) is 11.8 Å². The number of carbonyl (C=O) groups excluding carboxylic acids is 2. The number of amides is 2. The Morgan fingerprint density at radius 3 is 2.42 bits per heavy atom. The monoisotopic (exact) mass is 469 g/mol. The summed E-state index contributed by atoms with van der Waals surface area (Å²) < 4.78 is 6.75. The van der Waals surface area contributed by atoms with E-state index in [-0.39, 0.29) is 24.2 Å². The van der Waals surface area contributed by atoms with Gasteiger partial charge in [-0.2, -0.15) is 0 Å². The molecule has 1 atom stereocenters. The van der Waals surface area contributed by atoms with Crippen LogP contribution in [0.3, 0.4) is 0 Å². The van der Waals surface area contributed by atoms with Gasteiger partial charge in [-0.3, -0.25) is 9.59 Å². The molecule has 0 saturated heterocycles. The first kappa shape index (κ1) is 24.3. The number of ether oxygens (including phenoxy) is 1. The van der Waals surface area contributed by atoms with Crippen LogP contribution in [0.5, 0.6) is 5.75 Å². The average Bonchev–Trinajstić information content (AvgIpc) is 3.21. The summed E-state index contributed by atoms with van der Waals surface area (Å²) in [5, 5.41) is 24.1. The van der Waals surface area contributed by atoms with E-state index < -0.39 is 6.04 Å². The lowest BCUT2D eigenvalue weighted by Gasteiger charge is -2.16. The summed E-state index contributed by atoms with van der Waals surface area (Å²) in [5.41, 5.74) is 2.36. The van der Waals surface area contributed by atoms with Crippen molar-refractivity contribution in [3.63, 3.8) is 0 Å². The van der Waals surface area contributed by atoms with Gasteiger partial charge in [-0.25, -0.2) is 0 Å². The number of anilines is 1. The van der Waals surface area contributed by atoms with Gasteiger partial charge >= 0.3 is 0 Å². The zero-order valence-electron chi connectivity index (χ0n) is 18.7. The van der Waals surface area contributed by atoms with Gasteiger partial charge in [0.25, 0.3) is 5.91 Å². The Hall–Kier alpha value is -3.37. The van der Waals surface area contributed by atoms with Crippen molar-refractivity contribution in [3.05, 3.63) is 65.5 Å². The minimum atomic E-state index is -0.752. The number of hydrogen-bond acceptors (Lipinski definition) is 7. The molecule has 0 aliphatic heterocycles. The molecule has 1 unspecified atom stereocenters. The van der Waals surface area contributed by atoms with Gasteiger partial charge in [-0.1, -0.05) is 30.8 Å². The van der Waals surface area contributed by atoms with E-state index in [0.717, 1.165) is 12.1 Å². The molecule has 174 valence electrons. The Balaban J connectivity index is 1.59. The van der Waals surface area contributed by atoms with E-state index in [2.05, 4.69) is 27.8 Å². The third-order valence-corrected chi connectivity index (χ3v) is 6.02. The predicted molar refractivity (Wildman–Crippen MR) is 126 cm³/mol. The highest BCUT2D eigenvalue weighted by molar-refractivity contribution is 7.99.